The Bertz CT molecular complexity index is 483. The number of pyridine rings is 1. The second-order valence-electron chi connectivity index (χ2n) is 3.06. The fraction of sp³-hybridized carbons (Fsp3) is 0.100. The van der Waals surface area contributed by atoms with Crippen LogP contribution in [0.15, 0.2) is 24.4 Å². The third-order valence-electron chi connectivity index (χ3n) is 1.94. The van der Waals surface area contributed by atoms with Crippen molar-refractivity contribution in [1.29, 1.82) is 0 Å². The molecule has 2 aromatic rings. The van der Waals surface area contributed by atoms with Crippen LogP contribution < -0.4 is 0 Å². The molecule has 2 heterocycles. The van der Waals surface area contributed by atoms with Gasteiger partial charge in [0.1, 0.15) is 0 Å². The van der Waals surface area contributed by atoms with Crippen LogP contribution in [0.25, 0.3) is 11.1 Å². The van der Waals surface area contributed by atoms with E-state index in [0.29, 0.717) is 10.3 Å². The summed E-state index contributed by atoms with van der Waals surface area (Å²) < 4.78 is 0. The van der Waals surface area contributed by atoms with Crippen molar-refractivity contribution in [3.8, 4) is 11.1 Å². The third-order valence-corrected chi connectivity index (χ3v) is 2.41. The predicted molar refractivity (Wildman–Crippen MR) is 60.0 cm³/mol. The van der Waals surface area contributed by atoms with Crippen molar-refractivity contribution in [3.05, 3.63) is 40.4 Å². The van der Waals surface area contributed by atoms with Crippen LogP contribution in [-0.2, 0) is 0 Å². The van der Waals surface area contributed by atoms with Crippen LogP contribution in [0.5, 0.6) is 0 Å². The number of aromatic nitrogens is 3. The fourth-order valence-corrected chi connectivity index (χ4v) is 1.53. The minimum atomic E-state index is 0.315. The molecule has 0 atom stereocenters. The number of halogens is 2. The molecule has 0 amide bonds. The van der Waals surface area contributed by atoms with Crippen LogP contribution in [-0.4, -0.2) is 15.2 Å². The van der Waals surface area contributed by atoms with Gasteiger partial charge < -0.3 is 0 Å². The van der Waals surface area contributed by atoms with E-state index < -0.39 is 0 Å². The summed E-state index contributed by atoms with van der Waals surface area (Å²) in [5.41, 5.74) is 2.56. The molecule has 3 nitrogen and oxygen atoms in total. The van der Waals surface area contributed by atoms with E-state index in [1.54, 1.807) is 12.3 Å². The first-order chi connectivity index (χ1) is 7.16. The van der Waals surface area contributed by atoms with E-state index >= 15 is 0 Å². The maximum atomic E-state index is 5.91. The molecule has 0 aliphatic rings. The minimum Gasteiger partial charge on any atom is -0.261 e. The molecule has 0 aliphatic carbocycles. The van der Waals surface area contributed by atoms with E-state index in [9.17, 15) is 0 Å². The second kappa shape index (κ2) is 4.13. The van der Waals surface area contributed by atoms with E-state index in [4.69, 9.17) is 23.2 Å². The Hall–Kier alpha value is -1.19. The van der Waals surface area contributed by atoms with Crippen LogP contribution >= 0.6 is 23.2 Å². The molecule has 2 rings (SSSR count). The van der Waals surface area contributed by atoms with E-state index in [-0.39, 0.29) is 0 Å². The SMILES string of the molecule is Cc1ccc(-c2cc(Cl)nnc2Cl)cn1. The van der Waals surface area contributed by atoms with Gasteiger partial charge in [-0.15, -0.1) is 10.2 Å². The highest BCUT2D eigenvalue weighted by molar-refractivity contribution is 6.33. The van der Waals surface area contributed by atoms with E-state index in [1.807, 2.05) is 19.1 Å². The summed E-state index contributed by atoms with van der Waals surface area (Å²) in [5, 5.41) is 8.02. The first kappa shape index (κ1) is 10.3. The molecule has 0 saturated heterocycles. The first-order valence-corrected chi connectivity index (χ1v) is 5.04. The highest BCUT2D eigenvalue weighted by Crippen LogP contribution is 2.26. The van der Waals surface area contributed by atoms with Gasteiger partial charge in [-0.2, -0.15) is 0 Å². The highest BCUT2D eigenvalue weighted by Gasteiger charge is 2.06. The fourth-order valence-electron chi connectivity index (χ4n) is 1.18. The smallest absolute Gasteiger partial charge is 0.159 e. The summed E-state index contributed by atoms with van der Waals surface area (Å²) in [6.45, 7) is 1.92. The summed E-state index contributed by atoms with van der Waals surface area (Å²) >= 11 is 11.7. The monoisotopic (exact) mass is 239 g/mol. The maximum absolute atomic E-state index is 5.91. The first-order valence-electron chi connectivity index (χ1n) is 4.28. The van der Waals surface area contributed by atoms with Crippen LogP contribution in [0.1, 0.15) is 5.69 Å². The normalized spacial score (nSPS) is 10.3. The average Bonchev–Trinajstić information content (AvgIpc) is 2.23. The Morgan fingerprint density at radius 3 is 2.60 bits per heavy atom. The predicted octanol–water partition coefficient (Wildman–Crippen LogP) is 3.15. The van der Waals surface area contributed by atoms with Gasteiger partial charge >= 0.3 is 0 Å². The molecule has 5 heteroatoms. The molecular formula is C10H7Cl2N3. The molecule has 76 valence electrons. The van der Waals surface area contributed by atoms with Gasteiger partial charge in [-0.25, -0.2) is 0 Å². The minimum absolute atomic E-state index is 0.315. The zero-order valence-electron chi connectivity index (χ0n) is 7.91. The number of rotatable bonds is 1. The standard InChI is InChI=1S/C10H7Cl2N3/c1-6-2-3-7(5-13-6)8-4-9(11)14-15-10(8)12/h2-5H,1H3. The molecule has 2 aromatic heterocycles. The second-order valence-corrected chi connectivity index (χ2v) is 3.81. The molecular weight excluding hydrogens is 233 g/mol. The van der Waals surface area contributed by atoms with Crippen molar-refractivity contribution in [2.75, 3.05) is 0 Å². The zero-order valence-corrected chi connectivity index (χ0v) is 9.42. The van der Waals surface area contributed by atoms with Crippen molar-refractivity contribution in [1.82, 2.24) is 15.2 Å². The zero-order chi connectivity index (χ0) is 10.8. The van der Waals surface area contributed by atoms with Gasteiger partial charge in [0.2, 0.25) is 0 Å². The summed E-state index contributed by atoms with van der Waals surface area (Å²) in [4.78, 5) is 4.18. The number of hydrogen-bond donors (Lipinski definition) is 0. The van der Waals surface area contributed by atoms with Crippen LogP contribution in [0, 0.1) is 6.92 Å². The van der Waals surface area contributed by atoms with Gasteiger partial charge in [0.05, 0.1) is 0 Å². The van der Waals surface area contributed by atoms with Crippen molar-refractivity contribution in [2.45, 2.75) is 6.92 Å². The lowest BCUT2D eigenvalue weighted by molar-refractivity contribution is 1.03. The van der Waals surface area contributed by atoms with Crippen LogP contribution in [0.4, 0.5) is 0 Å². The molecule has 0 fully saturated rings. The summed E-state index contributed by atoms with van der Waals surface area (Å²) in [6.07, 6.45) is 1.73. The third kappa shape index (κ3) is 2.25. The molecule has 0 N–H and O–H groups in total. The molecule has 0 radical (unpaired) electrons. The largest absolute Gasteiger partial charge is 0.261 e. The van der Waals surface area contributed by atoms with Gasteiger partial charge in [-0.3, -0.25) is 4.98 Å². The number of hydrogen-bond acceptors (Lipinski definition) is 3. The van der Waals surface area contributed by atoms with E-state index in [1.165, 1.54) is 0 Å². The summed E-state index contributed by atoms with van der Waals surface area (Å²) in [5.74, 6) is 0. The molecule has 0 bridgehead atoms. The highest BCUT2D eigenvalue weighted by atomic mass is 35.5. The van der Waals surface area contributed by atoms with Gasteiger partial charge in [-0.05, 0) is 19.1 Å². The molecule has 0 unspecified atom stereocenters. The number of aryl methyl sites for hydroxylation is 1. The molecule has 0 saturated carbocycles. The lowest BCUT2D eigenvalue weighted by atomic mass is 10.1. The van der Waals surface area contributed by atoms with Gasteiger partial charge in [-0.1, -0.05) is 29.3 Å². The lowest BCUT2D eigenvalue weighted by Gasteiger charge is -2.03. The Morgan fingerprint density at radius 2 is 1.93 bits per heavy atom. The lowest BCUT2D eigenvalue weighted by Crippen LogP contribution is -1.89. The Kier molecular flexibility index (Phi) is 2.84. The molecule has 0 aliphatic heterocycles. The summed E-state index contributed by atoms with van der Waals surface area (Å²) in [6, 6.07) is 5.49. The number of nitrogens with zero attached hydrogens (tertiary/aromatic N) is 3. The van der Waals surface area contributed by atoms with Gasteiger partial charge in [0.15, 0.2) is 10.3 Å². The molecule has 0 aromatic carbocycles. The maximum Gasteiger partial charge on any atom is 0.159 e. The van der Waals surface area contributed by atoms with Crippen molar-refractivity contribution in [3.63, 3.8) is 0 Å². The van der Waals surface area contributed by atoms with Crippen molar-refractivity contribution >= 4 is 23.2 Å². The van der Waals surface area contributed by atoms with Crippen molar-refractivity contribution < 1.29 is 0 Å². The topological polar surface area (TPSA) is 38.7 Å². The quantitative estimate of drug-likeness (QED) is 0.768. The van der Waals surface area contributed by atoms with Gasteiger partial charge in [0, 0.05) is 23.0 Å². The van der Waals surface area contributed by atoms with Crippen LogP contribution in [0.3, 0.4) is 0 Å². The molecule has 15 heavy (non-hydrogen) atoms. The summed E-state index contributed by atoms with van der Waals surface area (Å²) in [7, 11) is 0. The molecule has 0 spiro atoms. The van der Waals surface area contributed by atoms with E-state index in [2.05, 4.69) is 15.2 Å². The van der Waals surface area contributed by atoms with Gasteiger partial charge in [0.25, 0.3) is 0 Å². The van der Waals surface area contributed by atoms with Crippen LogP contribution in [0.2, 0.25) is 10.3 Å². The van der Waals surface area contributed by atoms with E-state index in [0.717, 1.165) is 16.8 Å². The Balaban J connectivity index is 2.53. The Labute approximate surface area is 97.1 Å². The Morgan fingerprint density at radius 1 is 1.13 bits per heavy atom. The van der Waals surface area contributed by atoms with Crippen molar-refractivity contribution in [2.24, 2.45) is 0 Å². The average molecular weight is 240 g/mol.